The van der Waals surface area contributed by atoms with E-state index in [0.29, 0.717) is 12.0 Å². The van der Waals surface area contributed by atoms with E-state index in [1.54, 1.807) is 0 Å². The number of aromatic amines is 1. The van der Waals surface area contributed by atoms with Gasteiger partial charge in [-0.15, -0.1) is 0 Å². The van der Waals surface area contributed by atoms with Crippen molar-refractivity contribution in [3.8, 4) is 0 Å². The molecular formula is C16H20N2. The first-order chi connectivity index (χ1) is 8.88. The van der Waals surface area contributed by atoms with Gasteiger partial charge in [-0.3, -0.25) is 0 Å². The Morgan fingerprint density at radius 2 is 2.00 bits per heavy atom. The van der Waals surface area contributed by atoms with Gasteiger partial charge in [0.15, 0.2) is 0 Å². The van der Waals surface area contributed by atoms with Crippen LogP contribution >= 0.6 is 0 Å². The molecule has 18 heavy (non-hydrogen) atoms. The second-order valence-corrected chi connectivity index (χ2v) is 5.96. The minimum absolute atomic E-state index is 0.683. The van der Waals surface area contributed by atoms with Crippen LogP contribution in [-0.2, 0) is 0 Å². The molecule has 2 N–H and O–H groups in total. The minimum Gasteiger partial charge on any atom is -0.361 e. The topological polar surface area (TPSA) is 27.8 Å². The van der Waals surface area contributed by atoms with E-state index in [9.17, 15) is 0 Å². The standard InChI is InChI=1S/C16H20N2/c1-17-16-11-7-6-10(8-11)15(16)13-9-18-14-5-3-2-4-12(13)14/h2-5,9-11,15-18H,6-8H2,1H3/t10-,11+,15-,16+/m0/s1. The average Bonchev–Trinajstić information content (AvgIpc) is 3.11. The zero-order chi connectivity index (χ0) is 12.1. The molecule has 0 spiro atoms. The molecule has 4 atom stereocenters. The SMILES string of the molecule is CN[C@@H]1[C@@H]2CC[C@@H](C2)[C@H]1c1c[nH]c2ccccc12. The number of fused-ring (bicyclic) bond motifs is 3. The van der Waals surface area contributed by atoms with Gasteiger partial charge in [0, 0.05) is 29.1 Å². The molecule has 0 unspecified atom stereocenters. The summed E-state index contributed by atoms with van der Waals surface area (Å²) in [5, 5.41) is 5.01. The average molecular weight is 240 g/mol. The molecule has 94 valence electrons. The summed E-state index contributed by atoms with van der Waals surface area (Å²) in [6, 6.07) is 9.39. The summed E-state index contributed by atoms with van der Waals surface area (Å²) < 4.78 is 0. The van der Waals surface area contributed by atoms with Gasteiger partial charge in [0.25, 0.3) is 0 Å². The Labute approximate surface area is 108 Å². The van der Waals surface area contributed by atoms with Gasteiger partial charge in [0.2, 0.25) is 0 Å². The fraction of sp³-hybridized carbons (Fsp3) is 0.500. The van der Waals surface area contributed by atoms with Crippen molar-refractivity contribution < 1.29 is 0 Å². The Hall–Kier alpha value is -1.28. The van der Waals surface area contributed by atoms with Gasteiger partial charge in [-0.05, 0) is 49.8 Å². The second kappa shape index (κ2) is 3.86. The van der Waals surface area contributed by atoms with Crippen LogP contribution in [-0.4, -0.2) is 18.1 Å². The van der Waals surface area contributed by atoms with Crippen molar-refractivity contribution in [3.05, 3.63) is 36.0 Å². The summed E-state index contributed by atoms with van der Waals surface area (Å²) in [6.45, 7) is 0. The molecule has 2 heteroatoms. The Bertz CT molecular complexity index is 571. The van der Waals surface area contributed by atoms with E-state index in [-0.39, 0.29) is 0 Å². The van der Waals surface area contributed by atoms with Crippen LogP contribution in [0.3, 0.4) is 0 Å². The van der Waals surface area contributed by atoms with Crippen LogP contribution in [0.2, 0.25) is 0 Å². The molecule has 1 heterocycles. The number of aromatic nitrogens is 1. The summed E-state index contributed by atoms with van der Waals surface area (Å²) in [5.41, 5.74) is 2.82. The van der Waals surface area contributed by atoms with Gasteiger partial charge in [0.1, 0.15) is 0 Å². The summed E-state index contributed by atoms with van der Waals surface area (Å²) in [5.74, 6) is 2.51. The molecule has 2 bridgehead atoms. The van der Waals surface area contributed by atoms with E-state index in [0.717, 1.165) is 11.8 Å². The Morgan fingerprint density at radius 1 is 1.17 bits per heavy atom. The van der Waals surface area contributed by atoms with Gasteiger partial charge >= 0.3 is 0 Å². The number of nitrogens with one attached hydrogen (secondary N) is 2. The van der Waals surface area contributed by atoms with Crippen LogP contribution in [0.1, 0.15) is 30.7 Å². The molecule has 2 saturated carbocycles. The number of hydrogen-bond donors (Lipinski definition) is 2. The van der Waals surface area contributed by atoms with Crippen molar-refractivity contribution in [1.29, 1.82) is 0 Å². The fourth-order valence-electron chi connectivity index (χ4n) is 4.52. The molecule has 0 saturated heterocycles. The van der Waals surface area contributed by atoms with Crippen molar-refractivity contribution in [2.75, 3.05) is 7.05 Å². The van der Waals surface area contributed by atoms with Crippen LogP contribution in [0.25, 0.3) is 10.9 Å². The zero-order valence-electron chi connectivity index (χ0n) is 10.8. The van der Waals surface area contributed by atoms with Crippen LogP contribution in [0.4, 0.5) is 0 Å². The Kier molecular flexibility index (Phi) is 2.28. The zero-order valence-corrected chi connectivity index (χ0v) is 10.8. The van der Waals surface area contributed by atoms with E-state index >= 15 is 0 Å². The minimum atomic E-state index is 0.683. The molecule has 2 aromatic rings. The maximum absolute atomic E-state index is 3.58. The first kappa shape index (κ1) is 10.6. The van der Waals surface area contributed by atoms with Gasteiger partial charge < -0.3 is 10.3 Å². The third kappa shape index (κ3) is 1.33. The van der Waals surface area contributed by atoms with Gasteiger partial charge in [-0.25, -0.2) is 0 Å². The second-order valence-electron chi connectivity index (χ2n) is 5.96. The molecule has 1 aromatic carbocycles. The van der Waals surface area contributed by atoms with Crippen LogP contribution in [0.5, 0.6) is 0 Å². The van der Waals surface area contributed by atoms with Crippen LogP contribution in [0.15, 0.2) is 30.5 Å². The molecule has 0 aliphatic heterocycles. The number of hydrogen-bond acceptors (Lipinski definition) is 1. The largest absolute Gasteiger partial charge is 0.361 e. The third-order valence-electron chi connectivity index (χ3n) is 5.23. The van der Waals surface area contributed by atoms with E-state index in [1.165, 1.54) is 35.7 Å². The smallest absolute Gasteiger partial charge is 0.0456 e. The molecule has 2 fully saturated rings. The van der Waals surface area contributed by atoms with Crippen molar-refractivity contribution in [2.24, 2.45) is 11.8 Å². The quantitative estimate of drug-likeness (QED) is 0.828. The summed E-state index contributed by atoms with van der Waals surface area (Å²) in [7, 11) is 2.13. The highest BCUT2D eigenvalue weighted by atomic mass is 14.9. The molecule has 4 rings (SSSR count). The lowest BCUT2D eigenvalue weighted by atomic mass is 9.80. The summed E-state index contributed by atoms with van der Waals surface area (Å²) >= 11 is 0. The van der Waals surface area contributed by atoms with Gasteiger partial charge in [-0.1, -0.05) is 18.2 Å². The maximum Gasteiger partial charge on any atom is 0.0456 e. The van der Waals surface area contributed by atoms with Gasteiger partial charge in [-0.2, -0.15) is 0 Å². The number of benzene rings is 1. The highest BCUT2D eigenvalue weighted by molar-refractivity contribution is 5.83. The molecule has 1 aromatic heterocycles. The molecular weight excluding hydrogens is 220 g/mol. The van der Waals surface area contributed by atoms with Crippen molar-refractivity contribution >= 4 is 10.9 Å². The van der Waals surface area contributed by atoms with E-state index in [1.807, 2.05) is 0 Å². The van der Waals surface area contributed by atoms with E-state index in [4.69, 9.17) is 0 Å². The summed E-state index contributed by atoms with van der Waals surface area (Å²) in [4.78, 5) is 3.44. The first-order valence-corrected chi connectivity index (χ1v) is 7.12. The molecule has 0 radical (unpaired) electrons. The van der Waals surface area contributed by atoms with Gasteiger partial charge in [0.05, 0.1) is 0 Å². The predicted molar refractivity (Wildman–Crippen MR) is 74.7 cm³/mol. The highest BCUT2D eigenvalue weighted by Gasteiger charge is 2.47. The van der Waals surface area contributed by atoms with Crippen molar-refractivity contribution in [2.45, 2.75) is 31.2 Å². The monoisotopic (exact) mass is 240 g/mol. The number of para-hydroxylation sites is 1. The highest BCUT2D eigenvalue weighted by Crippen LogP contribution is 2.53. The number of likely N-dealkylation sites (N-methyl/N-ethyl adjacent to an activating group) is 1. The number of rotatable bonds is 2. The molecule has 2 nitrogen and oxygen atoms in total. The Balaban J connectivity index is 1.82. The fourth-order valence-corrected chi connectivity index (χ4v) is 4.52. The Morgan fingerprint density at radius 3 is 2.89 bits per heavy atom. The lowest BCUT2D eigenvalue weighted by Crippen LogP contribution is -2.36. The predicted octanol–water partition coefficient (Wildman–Crippen LogP) is 3.27. The normalized spacial score (nSPS) is 34.5. The van der Waals surface area contributed by atoms with Crippen molar-refractivity contribution in [3.63, 3.8) is 0 Å². The molecule has 2 aliphatic rings. The lowest BCUT2D eigenvalue weighted by Gasteiger charge is -2.30. The third-order valence-corrected chi connectivity index (χ3v) is 5.23. The summed E-state index contributed by atoms with van der Waals surface area (Å²) in [6.07, 6.45) is 6.53. The molecule has 0 amide bonds. The molecule has 2 aliphatic carbocycles. The maximum atomic E-state index is 3.58. The number of H-pyrrole nitrogens is 1. The van der Waals surface area contributed by atoms with Crippen LogP contribution < -0.4 is 5.32 Å². The van der Waals surface area contributed by atoms with Crippen molar-refractivity contribution in [1.82, 2.24) is 10.3 Å². The first-order valence-electron chi connectivity index (χ1n) is 7.12. The van der Waals surface area contributed by atoms with Crippen LogP contribution in [0, 0.1) is 11.8 Å². The lowest BCUT2D eigenvalue weighted by molar-refractivity contribution is 0.327. The van der Waals surface area contributed by atoms with E-state index in [2.05, 4.69) is 47.8 Å². The van der Waals surface area contributed by atoms with E-state index < -0.39 is 0 Å².